The molecule has 2 saturated heterocycles. The number of halogens is 1. The quantitative estimate of drug-likeness (QED) is 0.0261. The van der Waals surface area contributed by atoms with Gasteiger partial charge in [0.25, 0.3) is 41.4 Å². The van der Waals surface area contributed by atoms with E-state index < -0.39 is 0 Å². The molecule has 0 saturated carbocycles. The predicted molar refractivity (Wildman–Crippen MR) is 356 cm³/mol. The van der Waals surface area contributed by atoms with E-state index in [0.717, 1.165) is 38.9 Å². The average Bonchev–Trinajstić information content (AvgIpc) is 1.44. The number of hydrazone groups is 1. The molecule has 22 heteroatoms. The maximum atomic E-state index is 13.0. The van der Waals surface area contributed by atoms with E-state index in [-0.39, 0.29) is 71.0 Å². The molecule has 5 N–H and O–H groups in total. The van der Waals surface area contributed by atoms with E-state index in [1.54, 1.807) is 127 Å². The van der Waals surface area contributed by atoms with E-state index >= 15 is 0 Å². The third kappa shape index (κ3) is 21.8. The third-order valence-electron chi connectivity index (χ3n) is 14.0. The van der Waals surface area contributed by atoms with Gasteiger partial charge in [0.2, 0.25) is 0 Å². The summed E-state index contributed by atoms with van der Waals surface area (Å²) in [6.45, 7) is 10.8. The SMILES string of the molecule is Cc1ccc(/C=N/NC(=O)c2cccc(I)c2)o1.Cc1ccc(C(=O)N/C(=C/c2ccco2)C(=O)N(C)C)cc1.Cc1ccc(C(=O)N/C(=C\c2ccco2)C(=O)N2CCOCC2)cc1C.O=C(N/C(=C\c1ccco1)C(=O)N1CCCC(CO)C1)c1ccccc1. The number of benzene rings is 4. The van der Waals surface area contributed by atoms with Gasteiger partial charge in [-0.25, -0.2) is 5.43 Å². The lowest BCUT2D eigenvalue weighted by atomic mass is 9.99. The minimum atomic E-state index is -0.354. The number of likely N-dealkylation sites (tertiary alicyclic amines) is 1. The fraction of sp³-hybridized carbons (Fsp3) is 0.229. The molecule has 1 unspecified atom stereocenters. The van der Waals surface area contributed by atoms with Crippen LogP contribution in [0.3, 0.4) is 0 Å². The molecule has 8 aromatic rings. The Balaban J connectivity index is 0.000000176. The molecule has 7 amide bonds. The summed E-state index contributed by atoms with van der Waals surface area (Å²) >= 11 is 2.16. The number of nitrogens with zero attached hydrogens (tertiary/aromatic N) is 4. The van der Waals surface area contributed by atoms with Crippen LogP contribution in [0.15, 0.2) is 204 Å². The smallest absolute Gasteiger partial charge is 0.271 e. The number of aliphatic hydroxyl groups is 1. The Labute approximate surface area is 547 Å². The first kappa shape index (κ1) is 69.3. The molecule has 21 nitrogen and oxygen atoms in total. The molecule has 0 spiro atoms. The molecule has 4 aromatic carbocycles. The number of carbonyl (C=O) groups excluding carboxylic acids is 7. The normalized spacial score (nSPS) is 14.0. The molecule has 478 valence electrons. The molecule has 0 bridgehead atoms. The van der Waals surface area contributed by atoms with Crippen molar-refractivity contribution in [2.24, 2.45) is 11.0 Å². The fourth-order valence-corrected chi connectivity index (χ4v) is 9.42. The highest BCUT2D eigenvalue weighted by Crippen LogP contribution is 2.20. The number of amides is 7. The van der Waals surface area contributed by atoms with Gasteiger partial charge in [0.1, 0.15) is 45.9 Å². The number of hydrogen-bond acceptors (Lipinski definition) is 14. The summed E-state index contributed by atoms with van der Waals surface area (Å²) in [4.78, 5) is 91.9. The first-order valence-corrected chi connectivity index (χ1v) is 30.4. The van der Waals surface area contributed by atoms with Crippen molar-refractivity contribution in [1.29, 1.82) is 0 Å². The van der Waals surface area contributed by atoms with Crippen LogP contribution in [0.4, 0.5) is 0 Å². The van der Waals surface area contributed by atoms with Crippen LogP contribution in [0.25, 0.3) is 18.2 Å². The number of aliphatic hydroxyl groups excluding tert-OH is 1. The number of carbonyl (C=O) groups is 7. The van der Waals surface area contributed by atoms with Crippen LogP contribution in [0, 0.1) is 37.2 Å². The maximum absolute atomic E-state index is 13.0. The Morgan fingerprint density at radius 1 is 0.565 bits per heavy atom. The highest BCUT2D eigenvalue weighted by Gasteiger charge is 2.28. The molecule has 0 radical (unpaired) electrons. The molecular weight excluding hydrogens is 1290 g/mol. The molecule has 4 aromatic heterocycles. The van der Waals surface area contributed by atoms with Crippen molar-refractivity contribution in [3.8, 4) is 0 Å². The summed E-state index contributed by atoms with van der Waals surface area (Å²) < 4.78 is 27.4. The standard InChI is InChI=1S/2C20H22N2O4.C17H18N2O3.C13H11IN2O2/c1-14-5-6-16(12-15(14)2)19(23)21-18(13-17-4-3-9-26-17)20(24)22-7-10-25-11-8-22;23-14-15-6-4-10-22(13-15)20(25)18(12-17-9-5-11-26-17)21-19(24)16-7-2-1-3-8-16;1-12-6-8-13(9-7-12)16(20)18-15(17(21)19(2)3)11-14-5-4-10-22-14;1-9-5-6-12(18-9)8-15-16-13(17)10-3-2-4-11(14)7-10/h3-6,9,12-13H,7-8,10-11H2,1-2H3,(H,21,23);1-3,5,7-9,11-12,15,23H,4,6,10,13-14H2,(H,21,24);4-11H,1-3H3,(H,18,20);2-8H,1H3,(H,16,17)/b18-13-;18-12-;15-11+;15-8+. The van der Waals surface area contributed by atoms with E-state index in [9.17, 15) is 38.7 Å². The number of rotatable bonds is 16. The summed E-state index contributed by atoms with van der Waals surface area (Å²) in [5, 5.41) is 21.3. The van der Waals surface area contributed by atoms with Crippen LogP contribution in [0.1, 0.15) is 99.8 Å². The lowest BCUT2D eigenvalue weighted by molar-refractivity contribution is -0.131. The minimum Gasteiger partial charge on any atom is -0.465 e. The van der Waals surface area contributed by atoms with E-state index in [0.29, 0.717) is 84.7 Å². The lowest BCUT2D eigenvalue weighted by Crippen LogP contribution is -2.44. The topological polar surface area (TPSA) is 272 Å². The second-order valence-corrected chi connectivity index (χ2v) is 22.6. The highest BCUT2D eigenvalue weighted by atomic mass is 127. The molecular formula is C70H73IN8O13. The monoisotopic (exact) mass is 1360 g/mol. The van der Waals surface area contributed by atoms with E-state index in [1.807, 2.05) is 76.2 Å². The molecule has 2 aliphatic heterocycles. The Bertz CT molecular complexity index is 3860. The summed E-state index contributed by atoms with van der Waals surface area (Å²) in [5.74, 6) is 0.871. The average molecular weight is 1360 g/mol. The van der Waals surface area contributed by atoms with Crippen LogP contribution in [-0.4, -0.2) is 127 Å². The molecule has 2 aliphatic rings. The van der Waals surface area contributed by atoms with Gasteiger partial charge in [0.15, 0.2) is 0 Å². The van der Waals surface area contributed by atoms with Gasteiger partial charge in [-0.1, -0.05) is 48.0 Å². The van der Waals surface area contributed by atoms with E-state index in [4.69, 9.17) is 22.4 Å². The Kier molecular flexibility index (Phi) is 26.6. The number of piperidine rings is 1. The largest absolute Gasteiger partial charge is 0.465 e. The van der Waals surface area contributed by atoms with Crippen molar-refractivity contribution in [2.75, 3.05) is 60.1 Å². The Morgan fingerprint density at radius 2 is 1.10 bits per heavy atom. The van der Waals surface area contributed by atoms with Crippen LogP contribution < -0.4 is 21.4 Å². The van der Waals surface area contributed by atoms with Gasteiger partial charge in [-0.15, -0.1) is 0 Å². The number of ether oxygens (including phenoxy) is 1. The number of nitrogens with one attached hydrogen (secondary N) is 4. The van der Waals surface area contributed by atoms with E-state index in [2.05, 4.69) is 49.1 Å². The van der Waals surface area contributed by atoms with Crippen molar-refractivity contribution in [2.45, 2.75) is 40.5 Å². The second-order valence-electron chi connectivity index (χ2n) is 21.3. The molecule has 2 fully saturated rings. The highest BCUT2D eigenvalue weighted by molar-refractivity contribution is 14.1. The third-order valence-corrected chi connectivity index (χ3v) is 14.7. The van der Waals surface area contributed by atoms with Crippen molar-refractivity contribution in [3.63, 3.8) is 0 Å². The number of likely N-dealkylation sites (N-methyl/N-ethyl adjacent to an activating group) is 1. The van der Waals surface area contributed by atoms with Crippen molar-refractivity contribution < 1.29 is 61.1 Å². The Morgan fingerprint density at radius 3 is 1.63 bits per heavy atom. The number of aryl methyl sites for hydroxylation is 4. The number of furan rings is 4. The zero-order valence-electron chi connectivity index (χ0n) is 51.9. The summed E-state index contributed by atoms with van der Waals surface area (Å²) in [6, 6.07) is 42.5. The number of morpholine rings is 1. The van der Waals surface area contributed by atoms with Crippen molar-refractivity contribution in [1.82, 2.24) is 36.1 Å². The van der Waals surface area contributed by atoms with Gasteiger partial charge in [0.05, 0.1) is 38.2 Å². The van der Waals surface area contributed by atoms with Crippen LogP contribution in [0.5, 0.6) is 0 Å². The van der Waals surface area contributed by atoms with Crippen LogP contribution in [0.2, 0.25) is 0 Å². The van der Waals surface area contributed by atoms with Gasteiger partial charge in [0, 0.05) is 90.9 Å². The summed E-state index contributed by atoms with van der Waals surface area (Å²) in [7, 11) is 3.24. The zero-order valence-corrected chi connectivity index (χ0v) is 54.0. The molecule has 10 rings (SSSR count). The van der Waals surface area contributed by atoms with Crippen molar-refractivity contribution in [3.05, 3.63) is 253 Å². The first-order chi connectivity index (χ1) is 44.3. The van der Waals surface area contributed by atoms with Crippen LogP contribution in [-0.2, 0) is 19.1 Å². The van der Waals surface area contributed by atoms with Gasteiger partial charge in [-0.2, -0.15) is 5.10 Å². The Hall–Kier alpha value is -10.2. The van der Waals surface area contributed by atoms with Gasteiger partial charge < -0.3 is 58.2 Å². The predicted octanol–water partition coefficient (Wildman–Crippen LogP) is 10.2. The zero-order chi connectivity index (χ0) is 65.9. The van der Waals surface area contributed by atoms with Gasteiger partial charge in [-0.3, -0.25) is 33.6 Å². The van der Waals surface area contributed by atoms with Crippen molar-refractivity contribution >= 4 is 88.4 Å². The molecule has 6 heterocycles. The number of hydrogen-bond donors (Lipinski definition) is 5. The minimum absolute atomic E-state index is 0.0530. The second kappa shape index (κ2) is 35.3. The molecule has 0 aliphatic carbocycles. The first-order valence-electron chi connectivity index (χ1n) is 29.4. The van der Waals surface area contributed by atoms with Gasteiger partial charge in [-0.05, 0) is 183 Å². The maximum Gasteiger partial charge on any atom is 0.271 e. The summed E-state index contributed by atoms with van der Waals surface area (Å²) in [6.07, 6.45) is 12.3. The molecule has 92 heavy (non-hydrogen) atoms. The molecule has 1 atom stereocenters. The van der Waals surface area contributed by atoms with Gasteiger partial charge >= 0.3 is 0 Å². The van der Waals surface area contributed by atoms with Crippen LogP contribution >= 0.6 is 22.6 Å². The summed E-state index contributed by atoms with van der Waals surface area (Å²) in [5.41, 5.74) is 8.19. The fourth-order valence-electron chi connectivity index (χ4n) is 8.88. The van der Waals surface area contributed by atoms with E-state index in [1.165, 1.54) is 42.1 Å². The lowest BCUT2D eigenvalue weighted by Gasteiger charge is -2.32.